The standard InChI is InChI=1S/C10H12O6/c1-3-8(13)15-10(4-2)16-9(14)6-5-7(11)12/h3,5-6,10H,1,4H2,2H3,(H,11,12). The van der Waals surface area contributed by atoms with Crippen molar-refractivity contribution in [2.75, 3.05) is 0 Å². The Morgan fingerprint density at radius 3 is 2.25 bits per heavy atom. The minimum Gasteiger partial charge on any atom is -0.478 e. The van der Waals surface area contributed by atoms with E-state index < -0.39 is 24.2 Å². The number of esters is 2. The zero-order chi connectivity index (χ0) is 12.6. The van der Waals surface area contributed by atoms with E-state index in [1.165, 1.54) is 0 Å². The quantitative estimate of drug-likeness (QED) is 0.407. The highest BCUT2D eigenvalue weighted by Gasteiger charge is 2.13. The van der Waals surface area contributed by atoms with Crippen LogP contribution >= 0.6 is 0 Å². The maximum Gasteiger partial charge on any atom is 0.334 e. The molecule has 0 fully saturated rings. The van der Waals surface area contributed by atoms with Gasteiger partial charge in [0.15, 0.2) is 0 Å². The van der Waals surface area contributed by atoms with Crippen LogP contribution in [0.3, 0.4) is 0 Å². The molecule has 0 spiro atoms. The Balaban J connectivity index is 4.21. The lowest BCUT2D eigenvalue weighted by Crippen LogP contribution is -2.22. The van der Waals surface area contributed by atoms with E-state index in [2.05, 4.69) is 16.1 Å². The van der Waals surface area contributed by atoms with Gasteiger partial charge in [-0.2, -0.15) is 0 Å². The zero-order valence-corrected chi connectivity index (χ0v) is 8.71. The number of carbonyl (C=O) groups is 3. The van der Waals surface area contributed by atoms with Crippen molar-refractivity contribution in [1.82, 2.24) is 0 Å². The minimum absolute atomic E-state index is 0.256. The van der Waals surface area contributed by atoms with Crippen molar-refractivity contribution in [1.29, 1.82) is 0 Å². The van der Waals surface area contributed by atoms with Crippen molar-refractivity contribution in [3.63, 3.8) is 0 Å². The molecule has 1 unspecified atom stereocenters. The van der Waals surface area contributed by atoms with Gasteiger partial charge in [0.1, 0.15) is 0 Å². The Morgan fingerprint density at radius 2 is 1.81 bits per heavy atom. The highest BCUT2D eigenvalue weighted by atomic mass is 16.7. The van der Waals surface area contributed by atoms with Gasteiger partial charge in [-0.05, 0) is 0 Å². The number of carboxylic acid groups (broad SMARTS) is 1. The summed E-state index contributed by atoms with van der Waals surface area (Å²) in [7, 11) is 0. The van der Waals surface area contributed by atoms with Crippen LogP contribution in [0.1, 0.15) is 13.3 Å². The first kappa shape index (κ1) is 13.9. The van der Waals surface area contributed by atoms with Gasteiger partial charge in [0.2, 0.25) is 6.29 Å². The predicted octanol–water partition coefficient (Wildman–Crippen LogP) is 0.636. The molecule has 0 aliphatic heterocycles. The monoisotopic (exact) mass is 228 g/mol. The molecule has 88 valence electrons. The second kappa shape index (κ2) is 7.22. The molecule has 0 aliphatic rings. The maximum absolute atomic E-state index is 11.0. The summed E-state index contributed by atoms with van der Waals surface area (Å²) in [5.41, 5.74) is 0. The first-order chi connectivity index (χ1) is 7.49. The summed E-state index contributed by atoms with van der Waals surface area (Å²) >= 11 is 0. The number of hydrogen-bond donors (Lipinski definition) is 1. The molecule has 6 heteroatoms. The number of ether oxygens (including phenoxy) is 2. The minimum atomic E-state index is -1.27. The summed E-state index contributed by atoms with van der Waals surface area (Å²) in [6, 6.07) is 0. The van der Waals surface area contributed by atoms with Crippen molar-refractivity contribution in [3.8, 4) is 0 Å². The molecule has 0 heterocycles. The topological polar surface area (TPSA) is 89.9 Å². The van der Waals surface area contributed by atoms with E-state index in [4.69, 9.17) is 5.11 Å². The van der Waals surface area contributed by atoms with Gasteiger partial charge in [0.25, 0.3) is 0 Å². The normalized spacial score (nSPS) is 11.8. The number of carboxylic acids is 1. The van der Waals surface area contributed by atoms with Gasteiger partial charge >= 0.3 is 17.9 Å². The van der Waals surface area contributed by atoms with Crippen LogP contribution in [0.4, 0.5) is 0 Å². The third-order valence-electron chi connectivity index (χ3n) is 1.36. The summed E-state index contributed by atoms with van der Waals surface area (Å²) in [6.07, 6.45) is 1.50. The van der Waals surface area contributed by atoms with E-state index in [0.29, 0.717) is 6.08 Å². The van der Waals surface area contributed by atoms with Crippen LogP contribution in [0.2, 0.25) is 0 Å². The van der Waals surface area contributed by atoms with Crippen molar-refractivity contribution in [2.24, 2.45) is 0 Å². The molecule has 0 saturated heterocycles. The first-order valence-electron chi connectivity index (χ1n) is 4.44. The van der Waals surface area contributed by atoms with Crippen LogP contribution in [-0.2, 0) is 23.9 Å². The van der Waals surface area contributed by atoms with Crippen molar-refractivity contribution >= 4 is 17.9 Å². The third-order valence-corrected chi connectivity index (χ3v) is 1.36. The smallest absolute Gasteiger partial charge is 0.334 e. The van der Waals surface area contributed by atoms with Crippen LogP contribution in [0, 0.1) is 0 Å². The van der Waals surface area contributed by atoms with Gasteiger partial charge in [-0.15, -0.1) is 0 Å². The molecule has 1 N–H and O–H groups in total. The van der Waals surface area contributed by atoms with Crippen molar-refractivity contribution < 1.29 is 29.0 Å². The van der Waals surface area contributed by atoms with Crippen LogP contribution in [0.25, 0.3) is 0 Å². The van der Waals surface area contributed by atoms with Gasteiger partial charge in [0.05, 0.1) is 0 Å². The molecule has 6 nitrogen and oxygen atoms in total. The fourth-order valence-corrected chi connectivity index (χ4v) is 0.677. The molecule has 16 heavy (non-hydrogen) atoms. The maximum atomic E-state index is 11.0. The van der Waals surface area contributed by atoms with E-state index in [1.54, 1.807) is 6.92 Å². The second-order valence-electron chi connectivity index (χ2n) is 2.59. The van der Waals surface area contributed by atoms with Gasteiger partial charge in [0, 0.05) is 24.6 Å². The molecule has 0 radical (unpaired) electrons. The average molecular weight is 228 g/mol. The lowest BCUT2D eigenvalue weighted by Gasteiger charge is -2.14. The fraction of sp³-hybridized carbons (Fsp3) is 0.300. The van der Waals surface area contributed by atoms with Gasteiger partial charge in [-0.25, -0.2) is 14.4 Å². The summed E-state index contributed by atoms with van der Waals surface area (Å²) in [4.78, 5) is 31.9. The SMILES string of the molecule is C=CC(=O)OC(CC)OC(=O)C=CC(=O)O. The Labute approximate surface area is 92.2 Å². The summed E-state index contributed by atoms with van der Waals surface area (Å²) < 4.78 is 9.29. The number of carbonyl (C=O) groups excluding carboxylic acids is 2. The van der Waals surface area contributed by atoms with Crippen LogP contribution in [0.5, 0.6) is 0 Å². The molecular weight excluding hydrogens is 216 g/mol. The molecule has 0 aromatic carbocycles. The lowest BCUT2D eigenvalue weighted by atomic mass is 10.4. The number of hydrogen-bond acceptors (Lipinski definition) is 5. The molecule has 0 bridgehead atoms. The Kier molecular flexibility index (Phi) is 6.27. The Morgan fingerprint density at radius 1 is 1.25 bits per heavy atom. The number of rotatable bonds is 6. The summed E-state index contributed by atoms with van der Waals surface area (Å²) in [5, 5.41) is 8.24. The van der Waals surface area contributed by atoms with E-state index in [0.717, 1.165) is 12.2 Å². The van der Waals surface area contributed by atoms with E-state index in [-0.39, 0.29) is 6.42 Å². The Hall–Kier alpha value is -2.11. The van der Waals surface area contributed by atoms with Crippen molar-refractivity contribution in [3.05, 3.63) is 24.8 Å². The van der Waals surface area contributed by atoms with Gasteiger partial charge < -0.3 is 14.6 Å². The molecule has 0 aromatic heterocycles. The van der Waals surface area contributed by atoms with Crippen LogP contribution in [-0.4, -0.2) is 29.3 Å². The molecule has 0 aromatic rings. The van der Waals surface area contributed by atoms with Crippen LogP contribution in [0.15, 0.2) is 24.8 Å². The predicted molar refractivity (Wildman–Crippen MR) is 53.2 cm³/mol. The fourth-order valence-electron chi connectivity index (χ4n) is 0.677. The van der Waals surface area contributed by atoms with E-state index in [1.807, 2.05) is 0 Å². The molecule has 1 atom stereocenters. The lowest BCUT2D eigenvalue weighted by molar-refractivity contribution is -0.181. The largest absolute Gasteiger partial charge is 0.478 e. The molecule has 0 rings (SSSR count). The highest BCUT2D eigenvalue weighted by Crippen LogP contribution is 2.02. The molecule has 0 amide bonds. The summed E-state index contributed by atoms with van der Waals surface area (Å²) in [5.74, 6) is -2.89. The second-order valence-corrected chi connectivity index (χ2v) is 2.59. The van der Waals surface area contributed by atoms with E-state index in [9.17, 15) is 14.4 Å². The molecule has 0 aliphatic carbocycles. The van der Waals surface area contributed by atoms with E-state index >= 15 is 0 Å². The van der Waals surface area contributed by atoms with Crippen molar-refractivity contribution in [2.45, 2.75) is 19.6 Å². The average Bonchev–Trinajstić information content (AvgIpc) is 2.25. The van der Waals surface area contributed by atoms with Gasteiger partial charge in [-0.1, -0.05) is 13.5 Å². The Bertz CT molecular complexity index is 317. The van der Waals surface area contributed by atoms with Crippen LogP contribution < -0.4 is 0 Å². The summed E-state index contributed by atoms with van der Waals surface area (Å²) in [6.45, 7) is 4.81. The number of aliphatic carboxylic acids is 1. The zero-order valence-electron chi connectivity index (χ0n) is 8.71. The first-order valence-corrected chi connectivity index (χ1v) is 4.44. The third kappa shape index (κ3) is 6.36. The molecule has 0 saturated carbocycles. The van der Waals surface area contributed by atoms with Gasteiger partial charge in [-0.3, -0.25) is 0 Å². The highest BCUT2D eigenvalue weighted by molar-refractivity contribution is 5.90. The molecular formula is C10H12O6.